The summed E-state index contributed by atoms with van der Waals surface area (Å²) in [6, 6.07) is 20.3. The van der Waals surface area contributed by atoms with E-state index in [1.807, 2.05) is 57.2 Å². The lowest BCUT2D eigenvalue weighted by atomic mass is 9.99. The standard InChI is InChI=1S/C39H40F3N3O4S/c1-38(2,3)49-35(46)16-20-50-25-26-9-7-11-29(21-26)37(48)44-33-14-13-31(45-18-5-4-6-19-45)24-32(33)34-23-28(15-17-43-34)36(47)27-10-8-12-30(22-27)39(40,41)42/h7-15,17,21-24H,4-6,16,18-20,25H2,1-3H3,(H,44,48). The molecule has 1 saturated heterocycles. The average Bonchev–Trinajstić information content (AvgIpc) is 3.09. The van der Waals surface area contributed by atoms with Gasteiger partial charge in [-0.15, -0.1) is 0 Å². The van der Waals surface area contributed by atoms with E-state index in [9.17, 15) is 27.6 Å². The SMILES string of the molecule is CC(C)(C)OC(=O)CCSCc1cccc(C(=O)Nc2ccc(N3CCCCC3)cc2-c2cc(C(=O)c3cccc(C(F)(F)F)c3)ccn2)c1. The number of amides is 1. The molecule has 0 radical (unpaired) electrons. The van der Waals surface area contributed by atoms with Crippen molar-refractivity contribution in [3.05, 3.63) is 113 Å². The van der Waals surface area contributed by atoms with E-state index in [2.05, 4.69) is 15.2 Å². The summed E-state index contributed by atoms with van der Waals surface area (Å²) in [5.74, 6) is 0.0313. The third-order valence-electron chi connectivity index (χ3n) is 8.05. The van der Waals surface area contributed by atoms with E-state index in [-0.39, 0.29) is 23.0 Å². The van der Waals surface area contributed by atoms with E-state index >= 15 is 0 Å². The molecule has 4 aromatic rings. The van der Waals surface area contributed by atoms with E-state index in [1.54, 1.807) is 23.9 Å². The molecule has 7 nitrogen and oxygen atoms in total. The number of anilines is 2. The van der Waals surface area contributed by atoms with Gasteiger partial charge in [0.15, 0.2) is 5.78 Å². The van der Waals surface area contributed by atoms with Crippen LogP contribution in [0.5, 0.6) is 0 Å². The van der Waals surface area contributed by atoms with Gasteiger partial charge >= 0.3 is 12.1 Å². The summed E-state index contributed by atoms with van der Waals surface area (Å²) in [4.78, 5) is 45.8. The normalized spacial score (nSPS) is 13.5. The quantitative estimate of drug-likeness (QED) is 0.0947. The molecule has 5 rings (SSSR count). The fourth-order valence-corrected chi connectivity index (χ4v) is 6.53. The molecule has 1 aliphatic heterocycles. The highest BCUT2D eigenvalue weighted by Gasteiger charge is 2.31. The van der Waals surface area contributed by atoms with Crippen LogP contribution in [0.1, 0.15) is 83.9 Å². The molecule has 1 fully saturated rings. The number of esters is 1. The van der Waals surface area contributed by atoms with Crippen molar-refractivity contribution in [2.75, 3.05) is 29.1 Å². The van der Waals surface area contributed by atoms with Crippen molar-refractivity contribution in [2.24, 2.45) is 0 Å². The van der Waals surface area contributed by atoms with Crippen LogP contribution in [0.25, 0.3) is 11.3 Å². The van der Waals surface area contributed by atoms with Crippen molar-refractivity contribution >= 4 is 40.8 Å². The van der Waals surface area contributed by atoms with E-state index in [4.69, 9.17) is 4.74 Å². The summed E-state index contributed by atoms with van der Waals surface area (Å²) >= 11 is 1.58. The zero-order valence-corrected chi connectivity index (χ0v) is 29.1. The van der Waals surface area contributed by atoms with Gasteiger partial charge in [-0.2, -0.15) is 24.9 Å². The molecule has 50 heavy (non-hydrogen) atoms. The largest absolute Gasteiger partial charge is 0.460 e. The summed E-state index contributed by atoms with van der Waals surface area (Å²) in [5.41, 5.74) is 2.42. The van der Waals surface area contributed by atoms with Crippen LogP contribution in [0.15, 0.2) is 85.1 Å². The number of thioether (sulfide) groups is 1. The molecule has 3 aromatic carbocycles. The lowest BCUT2D eigenvalue weighted by Crippen LogP contribution is -2.29. The van der Waals surface area contributed by atoms with Crippen LogP contribution in [-0.4, -0.2) is 47.1 Å². The summed E-state index contributed by atoms with van der Waals surface area (Å²) in [6.45, 7) is 7.27. The Kier molecular flexibility index (Phi) is 11.7. The van der Waals surface area contributed by atoms with Crippen molar-refractivity contribution in [1.82, 2.24) is 4.98 Å². The van der Waals surface area contributed by atoms with Crippen LogP contribution in [0.2, 0.25) is 0 Å². The predicted molar refractivity (Wildman–Crippen MR) is 192 cm³/mol. The minimum Gasteiger partial charge on any atom is -0.460 e. The number of nitrogens with one attached hydrogen (secondary N) is 1. The Hall–Kier alpha value is -4.64. The Labute approximate surface area is 294 Å². The summed E-state index contributed by atoms with van der Waals surface area (Å²) in [6.07, 6.45) is 0.422. The van der Waals surface area contributed by atoms with E-state index in [0.717, 1.165) is 55.7 Å². The van der Waals surface area contributed by atoms with Gasteiger partial charge in [0.1, 0.15) is 5.60 Å². The lowest BCUT2D eigenvalue weighted by molar-refractivity contribution is -0.154. The Bertz CT molecular complexity index is 1850. The van der Waals surface area contributed by atoms with Gasteiger partial charge in [0, 0.05) is 58.7 Å². The molecule has 0 saturated carbocycles. The van der Waals surface area contributed by atoms with Gasteiger partial charge in [-0.3, -0.25) is 19.4 Å². The van der Waals surface area contributed by atoms with Gasteiger partial charge in [0.2, 0.25) is 0 Å². The minimum atomic E-state index is -4.58. The number of hydrogen-bond acceptors (Lipinski definition) is 7. The van der Waals surface area contributed by atoms with Crippen LogP contribution in [-0.2, 0) is 21.5 Å². The van der Waals surface area contributed by atoms with E-state index < -0.39 is 23.1 Å². The summed E-state index contributed by atoms with van der Waals surface area (Å²) in [5, 5.41) is 3.02. The highest BCUT2D eigenvalue weighted by atomic mass is 32.2. The highest BCUT2D eigenvalue weighted by Crippen LogP contribution is 2.34. The molecule has 1 aromatic heterocycles. The van der Waals surface area contributed by atoms with E-state index in [1.165, 1.54) is 24.4 Å². The van der Waals surface area contributed by atoms with Crippen molar-refractivity contribution in [2.45, 2.75) is 64.0 Å². The second-order valence-corrected chi connectivity index (χ2v) is 14.3. The maximum absolute atomic E-state index is 13.6. The third-order valence-corrected chi connectivity index (χ3v) is 9.08. The molecular weight excluding hydrogens is 664 g/mol. The number of carbonyl (C=O) groups is 3. The second kappa shape index (κ2) is 15.9. The molecule has 1 N–H and O–H groups in total. The highest BCUT2D eigenvalue weighted by molar-refractivity contribution is 7.98. The zero-order valence-electron chi connectivity index (χ0n) is 28.3. The molecule has 1 aliphatic rings. The van der Waals surface area contributed by atoms with Crippen LogP contribution in [0.3, 0.4) is 0 Å². The van der Waals surface area contributed by atoms with E-state index in [0.29, 0.717) is 40.4 Å². The molecular formula is C39H40F3N3O4S. The van der Waals surface area contributed by atoms with Gasteiger partial charge in [-0.05, 0) is 100 Å². The number of nitrogens with zero attached hydrogens (tertiary/aromatic N) is 2. The zero-order chi connectivity index (χ0) is 35.9. The summed E-state index contributed by atoms with van der Waals surface area (Å²) in [7, 11) is 0. The van der Waals surface area contributed by atoms with Crippen LogP contribution in [0.4, 0.5) is 24.5 Å². The number of halogens is 3. The number of benzene rings is 3. The van der Waals surface area contributed by atoms with Crippen molar-refractivity contribution in [3.63, 3.8) is 0 Å². The molecule has 0 bridgehead atoms. The topological polar surface area (TPSA) is 88.6 Å². The average molecular weight is 704 g/mol. The molecule has 0 aliphatic carbocycles. The molecule has 0 atom stereocenters. The number of carbonyl (C=O) groups excluding carboxylic acids is 3. The maximum atomic E-state index is 13.6. The first kappa shape index (κ1) is 36.6. The molecule has 11 heteroatoms. The number of aromatic nitrogens is 1. The maximum Gasteiger partial charge on any atom is 0.416 e. The number of rotatable bonds is 11. The smallest absolute Gasteiger partial charge is 0.416 e. The minimum absolute atomic E-state index is 0.0875. The number of alkyl halides is 3. The van der Waals surface area contributed by atoms with Crippen molar-refractivity contribution in [1.29, 1.82) is 0 Å². The van der Waals surface area contributed by atoms with Gasteiger partial charge in [0.25, 0.3) is 5.91 Å². The molecule has 1 amide bonds. The number of ether oxygens (including phenoxy) is 1. The van der Waals surface area contributed by atoms with Crippen molar-refractivity contribution < 1.29 is 32.3 Å². The third kappa shape index (κ3) is 9.97. The number of ketones is 1. The van der Waals surface area contributed by atoms with Gasteiger partial charge < -0.3 is 15.0 Å². The fourth-order valence-electron chi connectivity index (χ4n) is 5.66. The molecule has 2 heterocycles. The monoisotopic (exact) mass is 703 g/mol. The Balaban J connectivity index is 1.37. The number of hydrogen-bond donors (Lipinski definition) is 1. The van der Waals surface area contributed by atoms with Crippen molar-refractivity contribution in [3.8, 4) is 11.3 Å². The number of piperidine rings is 1. The second-order valence-electron chi connectivity index (χ2n) is 13.2. The first-order valence-electron chi connectivity index (χ1n) is 16.5. The number of pyridine rings is 1. The van der Waals surface area contributed by atoms with Gasteiger partial charge in [-0.25, -0.2) is 0 Å². The predicted octanol–water partition coefficient (Wildman–Crippen LogP) is 9.21. The Morgan fingerprint density at radius 1 is 0.860 bits per heavy atom. The Morgan fingerprint density at radius 3 is 2.32 bits per heavy atom. The first-order valence-corrected chi connectivity index (χ1v) is 17.7. The lowest BCUT2D eigenvalue weighted by Gasteiger charge is -2.29. The molecule has 262 valence electrons. The summed E-state index contributed by atoms with van der Waals surface area (Å²) < 4.78 is 45.5. The van der Waals surface area contributed by atoms with Crippen LogP contribution in [0, 0.1) is 0 Å². The van der Waals surface area contributed by atoms with Crippen LogP contribution < -0.4 is 10.2 Å². The van der Waals surface area contributed by atoms with Gasteiger partial charge in [0.05, 0.1) is 23.4 Å². The molecule has 0 spiro atoms. The first-order chi connectivity index (χ1) is 23.8. The van der Waals surface area contributed by atoms with Crippen LogP contribution >= 0.6 is 11.8 Å². The van der Waals surface area contributed by atoms with Gasteiger partial charge in [-0.1, -0.05) is 24.3 Å². The Morgan fingerprint density at radius 2 is 1.58 bits per heavy atom. The molecule has 0 unspecified atom stereocenters. The fraction of sp³-hybridized carbons (Fsp3) is 0.333.